The Labute approximate surface area is 135 Å². The van der Waals surface area contributed by atoms with E-state index in [1.165, 1.54) is 7.11 Å². The number of anilines is 1. The maximum absolute atomic E-state index is 11.6. The normalized spacial score (nSPS) is 28.5. The van der Waals surface area contributed by atoms with E-state index < -0.39 is 6.10 Å². The summed E-state index contributed by atoms with van der Waals surface area (Å²) in [7, 11) is 5.36. The second-order valence-electron chi connectivity index (χ2n) is 6.30. The molecule has 1 aromatic rings. The maximum atomic E-state index is 11.6. The molecule has 0 amide bonds. The number of benzene rings is 1. The molecule has 1 fully saturated rings. The van der Waals surface area contributed by atoms with Crippen LogP contribution < -0.4 is 9.64 Å². The maximum Gasteiger partial charge on any atom is 0.308 e. The first-order valence-corrected chi connectivity index (χ1v) is 7.84. The number of hydrogen-bond donors (Lipinski definition) is 1. The standard InChI is InChI=1S/C17H23NO5/c1-18(2)10-4-5-14-12(6-10)13-7-11(8-16(20)21-3)22-15(9-19)17(13)23-14/h4-6,11,13,15,17,19H,7-9H2,1-3H3/t11-,13-,15-,17+/m1/s1. The van der Waals surface area contributed by atoms with Gasteiger partial charge < -0.3 is 24.2 Å². The van der Waals surface area contributed by atoms with Gasteiger partial charge in [0, 0.05) is 31.3 Å². The fraction of sp³-hybridized carbons (Fsp3) is 0.588. The predicted molar refractivity (Wildman–Crippen MR) is 84.9 cm³/mol. The fourth-order valence-corrected chi connectivity index (χ4v) is 3.42. The second kappa shape index (κ2) is 6.37. The Morgan fingerprint density at radius 2 is 2.22 bits per heavy atom. The van der Waals surface area contributed by atoms with Crippen LogP contribution in [0.15, 0.2) is 18.2 Å². The van der Waals surface area contributed by atoms with E-state index in [4.69, 9.17) is 14.2 Å². The van der Waals surface area contributed by atoms with E-state index in [0.29, 0.717) is 6.42 Å². The fourth-order valence-electron chi connectivity index (χ4n) is 3.42. The zero-order valence-corrected chi connectivity index (χ0v) is 13.7. The summed E-state index contributed by atoms with van der Waals surface area (Å²) in [4.78, 5) is 13.6. The third-order valence-corrected chi connectivity index (χ3v) is 4.62. The zero-order valence-electron chi connectivity index (χ0n) is 13.7. The van der Waals surface area contributed by atoms with Gasteiger partial charge >= 0.3 is 5.97 Å². The Morgan fingerprint density at radius 1 is 1.43 bits per heavy atom. The van der Waals surface area contributed by atoms with Crippen LogP contribution in [0, 0.1) is 0 Å². The molecule has 0 bridgehead atoms. The summed E-state index contributed by atoms with van der Waals surface area (Å²) in [5.74, 6) is 0.656. The molecule has 6 heteroatoms. The number of nitrogens with zero attached hydrogens (tertiary/aromatic N) is 1. The summed E-state index contributed by atoms with van der Waals surface area (Å²) in [5.41, 5.74) is 2.22. The van der Waals surface area contributed by atoms with Crippen molar-refractivity contribution in [3.8, 4) is 5.75 Å². The summed E-state index contributed by atoms with van der Waals surface area (Å²) in [5, 5.41) is 9.64. The smallest absolute Gasteiger partial charge is 0.308 e. The van der Waals surface area contributed by atoms with E-state index in [-0.39, 0.29) is 37.1 Å². The Bertz CT molecular complexity index is 588. The van der Waals surface area contributed by atoms with Crippen molar-refractivity contribution in [3.05, 3.63) is 23.8 Å². The van der Waals surface area contributed by atoms with Gasteiger partial charge in [0.25, 0.3) is 0 Å². The van der Waals surface area contributed by atoms with Gasteiger partial charge in [-0.25, -0.2) is 0 Å². The van der Waals surface area contributed by atoms with Crippen molar-refractivity contribution in [1.29, 1.82) is 0 Å². The van der Waals surface area contributed by atoms with Gasteiger partial charge in [-0.2, -0.15) is 0 Å². The van der Waals surface area contributed by atoms with Gasteiger partial charge in [0.15, 0.2) is 0 Å². The van der Waals surface area contributed by atoms with Crippen molar-refractivity contribution in [2.75, 3.05) is 32.7 Å². The number of carbonyl (C=O) groups excluding carboxylic acids is 1. The quantitative estimate of drug-likeness (QED) is 0.844. The highest BCUT2D eigenvalue weighted by atomic mass is 16.6. The molecule has 1 saturated heterocycles. The van der Waals surface area contributed by atoms with Crippen LogP contribution in [0.5, 0.6) is 5.75 Å². The van der Waals surface area contributed by atoms with Crippen LogP contribution in [0.4, 0.5) is 5.69 Å². The third-order valence-electron chi connectivity index (χ3n) is 4.62. The highest BCUT2D eigenvalue weighted by Gasteiger charge is 2.46. The van der Waals surface area contributed by atoms with E-state index in [1.54, 1.807) is 0 Å². The van der Waals surface area contributed by atoms with Crippen LogP contribution in [0.3, 0.4) is 0 Å². The monoisotopic (exact) mass is 321 g/mol. The highest BCUT2D eigenvalue weighted by Crippen LogP contribution is 2.47. The number of methoxy groups -OCH3 is 1. The molecule has 1 aromatic carbocycles. The molecule has 0 spiro atoms. The van der Waals surface area contributed by atoms with Gasteiger partial charge in [0.05, 0.1) is 26.2 Å². The minimum atomic E-state index is -0.432. The van der Waals surface area contributed by atoms with Crippen molar-refractivity contribution in [2.24, 2.45) is 0 Å². The lowest BCUT2D eigenvalue weighted by Crippen LogP contribution is -2.46. The molecule has 0 aromatic heterocycles. The molecule has 0 unspecified atom stereocenters. The lowest BCUT2D eigenvalue weighted by Gasteiger charge is -2.36. The van der Waals surface area contributed by atoms with Gasteiger partial charge in [-0.15, -0.1) is 0 Å². The average Bonchev–Trinajstić information content (AvgIpc) is 2.91. The largest absolute Gasteiger partial charge is 0.487 e. The first kappa shape index (κ1) is 16.1. The number of esters is 1. The summed E-state index contributed by atoms with van der Waals surface area (Å²) < 4.78 is 16.6. The van der Waals surface area contributed by atoms with Crippen molar-refractivity contribution < 1.29 is 24.1 Å². The van der Waals surface area contributed by atoms with Crippen molar-refractivity contribution in [1.82, 2.24) is 0 Å². The molecule has 0 aliphatic carbocycles. The molecule has 2 aliphatic rings. The third kappa shape index (κ3) is 3.01. The lowest BCUT2D eigenvalue weighted by molar-refractivity contribution is -0.156. The van der Waals surface area contributed by atoms with Gasteiger partial charge in [-0.1, -0.05) is 0 Å². The van der Waals surface area contributed by atoms with Crippen LogP contribution in [0.1, 0.15) is 24.3 Å². The summed E-state index contributed by atoms with van der Waals surface area (Å²) in [6.45, 7) is -0.132. The molecular formula is C17H23NO5. The molecule has 2 heterocycles. The average molecular weight is 321 g/mol. The minimum absolute atomic E-state index is 0.116. The molecule has 0 saturated carbocycles. The van der Waals surface area contributed by atoms with Crippen molar-refractivity contribution >= 4 is 11.7 Å². The number of hydrogen-bond acceptors (Lipinski definition) is 6. The summed E-state index contributed by atoms with van der Waals surface area (Å²) >= 11 is 0. The van der Waals surface area contributed by atoms with E-state index in [0.717, 1.165) is 17.0 Å². The molecule has 2 aliphatic heterocycles. The highest BCUT2D eigenvalue weighted by molar-refractivity contribution is 5.69. The molecule has 0 radical (unpaired) electrons. The molecule has 4 atom stereocenters. The van der Waals surface area contributed by atoms with E-state index in [1.807, 2.05) is 31.1 Å². The molecule has 3 rings (SSSR count). The van der Waals surface area contributed by atoms with Gasteiger partial charge in [0.1, 0.15) is 18.0 Å². The Hall–Kier alpha value is -1.79. The van der Waals surface area contributed by atoms with Gasteiger partial charge in [0.2, 0.25) is 0 Å². The van der Waals surface area contributed by atoms with Crippen LogP contribution in [-0.2, 0) is 14.3 Å². The first-order chi connectivity index (χ1) is 11.0. The lowest BCUT2D eigenvalue weighted by atomic mass is 9.84. The van der Waals surface area contributed by atoms with E-state index >= 15 is 0 Å². The zero-order chi connectivity index (χ0) is 16.6. The summed E-state index contributed by atoms with van der Waals surface area (Å²) in [6, 6.07) is 6.10. The van der Waals surface area contributed by atoms with Crippen LogP contribution in [0.25, 0.3) is 0 Å². The van der Waals surface area contributed by atoms with Gasteiger partial charge in [-0.3, -0.25) is 4.79 Å². The van der Waals surface area contributed by atoms with Crippen LogP contribution >= 0.6 is 0 Å². The second-order valence-corrected chi connectivity index (χ2v) is 6.30. The number of rotatable bonds is 4. The first-order valence-electron chi connectivity index (χ1n) is 7.84. The molecule has 23 heavy (non-hydrogen) atoms. The number of ether oxygens (including phenoxy) is 3. The van der Waals surface area contributed by atoms with Crippen molar-refractivity contribution in [3.63, 3.8) is 0 Å². The van der Waals surface area contributed by atoms with Crippen LogP contribution in [-0.4, -0.2) is 57.2 Å². The minimum Gasteiger partial charge on any atom is -0.487 e. The topological polar surface area (TPSA) is 68.2 Å². The predicted octanol–water partition coefficient (Wildman–Crippen LogP) is 1.31. The Kier molecular flexibility index (Phi) is 4.46. The molecule has 126 valence electrons. The number of aliphatic hydroxyl groups is 1. The number of carbonyl (C=O) groups is 1. The molecule has 6 nitrogen and oxygen atoms in total. The Balaban J connectivity index is 1.86. The molecular weight excluding hydrogens is 298 g/mol. The number of aliphatic hydroxyl groups excluding tert-OH is 1. The SMILES string of the molecule is COC(=O)C[C@H]1C[C@@H]2c3cc(N(C)C)ccc3O[C@@H]2[C@@H](CO)O1. The molecule has 1 N–H and O–H groups in total. The van der Waals surface area contributed by atoms with Gasteiger partial charge in [-0.05, 0) is 24.6 Å². The van der Waals surface area contributed by atoms with Crippen molar-refractivity contribution in [2.45, 2.75) is 37.1 Å². The van der Waals surface area contributed by atoms with E-state index in [9.17, 15) is 9.90 Å². The van der Waals surface area contributed by atoms with Crippen LogP contribution in [0.2, 0.25) is 0 Å². The van der Waals surface area contributed by atoms with E-state index in [2.05, 4.69) is 6.07 Å². The number of fused-ring (bicyclic) bond motifs is 3. The summed E-state index contributed by atoms with van der Waals surface area (Å²) in [6.07, 6.45) is -0.0302. The Morgan fingerprint density at radius 3 is 2.87 bits per heavy atom.